The second-order valence-corrected chi connectivity index (χ2v) is 8.02. The van der Waals surface area contributed by atoms with E-state index in [4.69, 9.17) is 16.3 Å². The number of halogens is 2. The normalized spacial score (nSPS) is 33.1. The molecule has 0 unspecified atom stereocenters. The van der Waals surface area contributed by atoms with Gasteiger partial charge in [0.05, 0.1) is 7.11 Å². The van der Waals surface area contributed by atoms with Gasteiger partial charge in [-0.05, 0) is 62.1 Å². The molecule has 2 bridgehead atoms. The van der Waals surface area contributed by atoms with Gasteiger partial charge in [0.2, 0.25) is 0 Å². The molecule has 1 saturated heterocycles. The number of hydrogen-bond donors (Lipinski definition) is 0. The number of rotatable bonds is 3. The maximum atomic E-state index is 15.6. The summed E-state index contributed by atoms with van der Waals surface area (Å²) >= 11 is 6.10. The second-order valence-electron chi connectivity index (χ2n) is 7.59. The smallest absolute Gasteiger partial charge is 0.142 e. The first-order chi connectivity index (χ1) is 11.1. The molecule has 3 fully saturated rings. The fourth-order valence-electron chi connectivity index (χ4n) is 5.17. The van der Waals surface area contributed by atoms with E-state index in [1.165, 1.54) is 25.7 Å². The fraction of sp³-hybridized carbons (Fsp3) is 0.684. The first kappa shape index (κ1) is 15.7. The number of piperidine rings is 1. The molecule has 1 aromatic rings. The van der Waals surface area contributed by atoms with E-state index in [0.29, 0.717) is 35.2 Å². The molecule has 126 valence electrons. The van der Waals surface area contributed by atoms with Gasteiger partial charge in [-0.1, -0.05) is 18.0 Å². The number of ether oxygens (including phenoxy) is 1. The molecule has 0 radical (unpaired) electrons. The van der Waals surface area contributed by atoms with E-state index in [1.807, 2.05) is 0 Å². The summed E-state index contributed by atoms with van der Waals surface area (Å²) in [4.78, 5) is 2.55. The van der Waals surface area contributed by atoms with Gasteiger partial charge in [0.1, 0.15) is 11.4 Å². The van der Waals surface area contributed by atoms with Crippen molar-refractivity contribution in [3.05, 3.63) is 28.8 Å². The molecule has 1 heterocycles. The Balaban J connectivity index is 1.49. The minimum Gasteiger partial charge on any atom is -0.496 e. The van der Waals surface area contributed by atoms with Gasteiger partial charge in [-0.3, -0.25) is 4.90 Å². The van der Waals surface area contributed by atoms with Crippen LogP contribution in [0, 0.1) is 11.8 Å². The molecule has 4 heteroatoms. The van der Waals surface area contributed by atoms with Crippen LogP contribution in [0.4, 0.5) is 4.39 Å². The van der Waals surface area contributed by atoms with Crippen LogP contribution in [-0.4, -0.2) is 31.1 Å². The molecule has 3 aliphatic rings. The Morgan fingerprint density at radius 3 is 2.61 bits per heavy atom. The lowest BCUT2D eigenvalue weighted by atomic mass is 9.83. The lowest BCUT2D eigenvalue weighted by Gasteiger charge is -2.42. The highest BCUT2D eigenvalue weighted by atomic mass is 35.5. The third-order valence-corrected chi connectivity index (χ3v) is 6.64. The number of fused-ring (bicyclic) bond motifs is 2. The molecule has 1 aromatic carbocycles. The predicted molar refractivity (Wildman–Crippen MR) is 90.8 cm³/mol. The summed E-state index contributed by atoms with van der Waals surface area (Å²) in [6.07, 6.45) is 6.63. The molecule has 2 nitrogen and oxygen atoms in total. The molecular weight excluding hydrogens is 313 g/mol. The van der Waals surface area contributed by atoms with Gasteiger partial charge in [0, 0.05) is 29.7 Å². The number of likely N-dealkylation sites (tertiary alicyclic amines) is 1. The maximum absolute atomic E-state index is 15.6. The number of hydrogen-bond acceptors (Lipinski definition) is 2. The van der Waals surface area contributed by atoms with E-state index in [1.54, 1.807) is 25.3 Å². The largest absolute Gasteiger partial charge is 0.496 e. The van der Waals surface area contributed by atoms with Crippen molar-refractivity contribution in [1.29, 1.82) is 0 Å². The minimum atomic E-state index is -1.32. The summed E-state index contributed by atoms with van der Waals surface area (Å²) in [5.41, 5.74) is -0.690. The van der Waals surface area contributed by atoms with Crippen molar-refractivity contribution in [1.82, 2.24) is 4.90 Å². The van der Waals surface area contributed by atoms with Gasteiger partial charge in [0.15, 0.2) is 0 Å². The number of benzene rings is 1. The van der Waals surface area contributed by atoms with Crippen LogP contribution in [0.25, 0.3) is 0 Å². The summed E-state index contributed by atoms with van der Waals surface area (Å²) in [5.74, 6) is 2.42. The van der Waals surface area contributed by atoms with E-state index in [0.717, 1.165) is 24.9 Å². The van der Waals surface area contributed by atoms with E-state index in [2.05, 4.69) is 4.90 Å². The zero-order valence-electron chi connectivity index (χ0n) is 13.7. The molecule has 0 aromatic heterocycles. The zero-order valence-corrected chi connectivity index (χ0v) is 14.5. The van der Waals surface area contributed by atoms with Crippen molar-refractivity contribution in [3.63, 3.8) is 0 Å². The summed E-state index contributed by atoms with van der Waals surface area (Å²) < 4.78 is 21.0. The third-order valence-electron chi connectivity index (χ3n) is 6.40. The first-order valence-corrected chi connectivity index (χ1v) is 9.24. The summed E-state index contributed by atoms with van der Waals surface area (Å²) in [7, 11) is 1.60. The van der Waals surface area contributed by atoms with Crippen LogP contribution in [0.15, 0.2) is 18.2 Å². The number of methoxy groups -OCH3 is 1. The van der Waals surface area contributed by atoms with Crippen LogP contribution in [0.3, 0.4) is 0 Å². The van der Waals surface area contributed by atoms with Crippen molar-refractivity contribution in [2.75, 3.05) is 20.2 Å². The Kier molecular flexibility index (Phi) is 4.05. The Bertz CT molecular complexity index is 585. The molecule has 0 amide bonds. The Hall–Kier alpha value is -0.800. The quantitative estimate of drug-likeness (QED) is 0.785. The summed E-state index contributed by atoms with van der Waals surface area (Å²) in [5, 5.41) is 0.577. The topological polar surface area (TPSA) is 12.5 Å². The van der Waals surface area contributed by atoms with Crippen LogP contribution in [0.2, 0.25) is 5.02 Å². The molecule has 2 saturated carbocycles. The van der Waals surface area contributed by atoms with Crippen molar-refractivity contribution >= 4 is 11.6 Å². The lowest BCUT2D eigenvalue weighted by Crippen LogP contribution is -2.47. The highest BCUT2D eigenvalue weighted by Crippen LogP contribution is 2.49. The second kappa shape index (κ2) is 5.93. The molecular formula is C19H25ClFNO. The van der Waals surface area contributed by atoms with Gasteiger partial charge in [0.25, 0.3) is 0 Å². The van der Waals surface area contributed by atoms with E-state index >= 15 is 4.39 Å². The van der Waals surface area contributed by atoms with Crippen LogP contribution in [0.1, 0.15) is 44.1 Å². The SMILES string of the molecule is COc1ccc(Cl)cc1C1(F)CCN([C@@H]2C[C@H]3CC[C@H]2C3)CC1. The van der Waals surface area contributed by atoms with Crippen LogP contribution < -0.4 is 4.74 Å². The monoisotopic (exact) mass is 337 g/mol. The predicted octanol–water partition coefficient (Wildman–Crippen LogP) is 4.80. The van der Waals surface area contributed by atoms with Crippen molar-refractivity contribution in [3.8, 4) is 5.75 Å². The molecule has 23 heavy (non-hydrogen) atoms. The van der Waals surface area contributed by atoms with Gasteiger partial charge in [-0.2, -0.15) is 0 Å². The fourth-order valence-corrected chi connectivity index (χ4v) is 5.34. The molecule has 4 rings (SSSR count). The van der Waals surface area contributed by atoms with Gasteiger partial charge >= 0.3 is 0 Å². The minimum absolute atomic E-state index is 0.539. The van der Waals surface area contributed by atoms with Crippen LogP contribution in [-0.2, 0) is 5.67 Å². The molecule has 3 atom stereocenters. The number of nitrogens with zero attached hydrogens (tertiary/aromatic N) is 1. The lowest BCUT2D eigenvalue weighted by molar-refractivity contribution is 0.0210. The highest BCUT2D eigenvalue weighted by molar-refractivity contribution is 6.30. The van der Waals surface area contributed by atoms with Gasteiger partial charge in [-0.15, -0.1) is 0 Å². The number of alkyl halides is 1. The first-order valence-electron chi connectivity index (χ1n) is 8.86. The van der Waals surface area contributed by atoms with Crippen LogP contribution in [0.5, 0.6) is 5.75 Å². The van der Waals surface area contributed by atoms with Crippen molar-refractivity contribution in [2.24, 2.45) is 11.8 Å². The summed E-state index contributed by atoms with van der Waals surface area (Å²) in [6.45, 7) is 1.69. The molecule has 1 aliphatic heterocycles. The molecule has 0 spiro atoms. The van der Waals surface area contributed by atoms with Crippen molar-refractivity contribution in [2.45, 2.75) is 50.2 Å². The summed E-state index contributed by atoms with van der Waals surface area (Å²) in [6, 6.07) is 5.99. The molecule has 0 N–H and O–H groups in total. The van der Waals surface area contributed by atoms with Crippen LogP contribution >= 0.6 is 11.6 Å². The van der Waals surface area contributed by atoms with Crippen molar-refractivity contribution < 1.29 is 9.13 Å². The molecule has 2 aliphatic carbocycles. The van der Waals surface area contributed by atoms with E-state index in [9.17, 15) is 0 Å². The Morgan fingerprint density at radius 1 is 1.22 bits per heavy atom. The Labute approximate surface area is 143 Å². The highest BCUT2D eigenvalue weighted by Gasteiger charge is 2.46. The van der Waals surface area contributed by atoms with Gasteiger partial charge in [-0.25, -0.2) is 4.39 Å². The standard InChI is InChI=1S/C19H25ClFNO/c1-23-18-5-4-15(20)12-16(18)19(21)6-8-22(9-7-19)17-11-13-2-3-14(17)10-13/h4-5,12-14,17H,2-3,6-11H2,1H3/t13-,14-,17+/m0/s1. The third kappa shape index (κ3) is 2.76. The zero-order chi connectivity index (χ0) is 16.0. The average Bonchev–Trinajstić information content (AvgIpc) is 3.19. The Morgan fingerprint density at radius 2 is 2.00 bits per heavy atom. The average molecular weight is 338 g/mol. The van der Waals surface area contributed by atoms with Gasteiger partial charge < -0.3 is 4.74 Å². The maximum Gasteiger partial charge on any atom is 0.142 e. The van der Waals surface area contributed by atoms with E-state index < -0.39 is 5.67 Å². The van der Waals surface area contributed by atoms with E-state index in [-0.39, 0.29) is 0 Å².